The number of ether oxygens (including phenoxy) is 6. The van der Waals surface area contributed by atoms with Gasteiger partial charge in [-0.05, 0) is 30.5 Å². The fourth-order valence-electron chi connectivity index (χ4n) is 4.17. The maximum absolute atomic E-state index is 12.7. The van der Waals surface area contributed by atoms with Crippen LogP contribution in [0.15, 0.2) is 115 Å². The van der Waals surface area contributed by atoms with E-state index in [0.29, 0.717) is 11.1 Å². The van der Waals surface area contributed by atoms with E-state index in [9.17, 15) is 38.4 Å². The molecule has 0 unspecified atom stereocenters. The van der Waals surface area contributed by atoms with Crippen LogP contribution in [0, 0.1) is 0 Å². The zero-order valence-electron chi connectivity index (χ0n) is 29.7. The first kappa shape index (κ1) is 43.5. The summed E-state index contributed by atoms with van der Waals surface area (Å²) in [7, 11) is 0. The lowest BCUT2D eigenvalue weighted by atomic mass is 9.91. The molecule has 0 amide bonds. The van der Waals surface area contributed by atoms with Gasteiger partial charge in [0.25, 0.3) is 0 Å². The standard InChI is InChI=1S/C23H22O7.C17H18O7/c1-2-28-19(24)13-14-20(25)29-16-15-21(26)30-23(27)22(17-9-5-3-6-10-17)18-11-7-4-8-12-18;1-2-22-14(18)8-9-15(19)23-11-10-16(20)24-17(21)12-13-6-4-3-5-7-13/h3-14,22H,2,15-16H2,1H3;3-9H,2,10-12H2,1H3/b14-13-;9-8-. The van der Waals surface area contributed by atoms with Gasteiger partial charge in [-0.25, -0.2) is 19.2 Å². The van der Waals surface area contributed by atoms with Crippen LogP contribution in [0.5, 0.6) is 0 Å². The maximum Gasteiger partial charge on any atom is 0.331 e. The minimum Gasteiger partial charge on any atom is -0.463 e. The molecule has 0 aromatic heterocycles. The highest BCUT2D eigenvalue weighted by Gasteiger charge is 2.26. The van der Waals surface area contributed by atoms with Crippen molar-refractivity contribution in [3.8, 4) is 0 Å². The van der Waals surface area contributed by atoms with Crippen LogP contribution in [0.1, 0.15) is 49.3 Å². The quantitative estimate of drug-likeness (QED) is 0.0823. The highest BCUT2D eigenvalue weighted by molar-refractivity contribution is 5.93. The molecule has 0 aliphatic rings. The summed E-state index contributed by atoms with van der Waals surface area (Å²) in [6, 6.07) is 26.8. The second kappa shape index (κ2) is 25.3. The summed E-state index contributed by atoms with van der Waals surface area (Å²) in [5.74, 6) is -6.72. The van der Waals surface area contributed by atoms with Crippen molar-refractivity contribution < 1.29 is 66.8 Å². The molecule has 14 nitrogen and oxygen atoms in total. The first-order valence-corrected chi connectivity index (χ1v) is 16.7. The van der Waals surface area contributed by atoms with Crippen LogP contribution in [0.4, 0.5) is 0 Å². The van der Waals surface area contributed by atoms with Crippen molar-refractivity contribution >= 4 is 47.8 Å². The number of rotatable bonds is 17. The zero-order chi connectivity index (χ0) is 39.6. The Labute approximate surface area is 311 Å². The molecule has 3 aromatic rings. The van der Waals surface area contributed by atoms with Gasteiger partial charge in [-0.3, -0.25) is 19.2 Å². The predicted octanol–water partition coefficient (Wildman–Crippen LogP) is 4.29. The molecule has 0 aliphatic carbocycles. The van der Waals surface area contributed by atoms with Gasteiger partial charge >= 0.3 is 47.8 Å². The highest BCUT2D eigenvalue weighted by Crippen LogP contribution is 2.26. The minimum atomic E-state index is -0.820. The summed E-state index contributed by atoms with van der Waals surface area (Å²) in [6.07, 6.45) is 3.06. The smallest absolute Gasteiger partial charge is 0.331 e. The molecule has 3 rings (SSSR count). The second-order valence-electron chi connectivity index (χ2n) is 10.6. The van der Waals surface area contributed by atoms with Crippen molar-refractivity contribution in [2.24, 2.45) is 0 Å². The average Bonchev–Trinajstić information content (AvgIpc) is 3.15. The number of esters is 8. The van der Waals surface area contributed by atoms with E-state index < -0.39 is 53.7 Å². The van der Waals surface area contributed by atoms with Crippen LogP contribution < -0.4 is 0 Å². The number of carbonyl (C=O) groups is 8. The molecule has 0 saturated heterocycles. The van der Waals surface area contributed by atoms with Crippen LogP contribution >= 0.6 is 0 Å². The van der Waals surface area contributed by atoms with Gasteiger partial charge in [0.1, 0.15) is 19.1 Å². The Morgan fingerprint density at radius 2 is 0.852 bits per heavy atom. The Balaban J connectivity index is 0.000000383. The van der Waals surface area contributed by atoms with E-state index in [1.165, 1.54) is 0 Å². The largest absolute Gasteiger partial charge is 0.463 e. The van der Waals surface area contributed by atoms with Crippen molar-refractivity contribution in [3.63, 3.8) is 0 Å². The molecule has 0 fully saturated rings. The molecule has 0 aliphatic heterocycles. The third-order valence-corrected chi connectivity index (χ3v) is 6.52. The van der Waals surface area contributed by atoms with Gasteiger partial charge in [-0.1, -0.05) is 91.0 Å². The third kappa shape index (κ3) is 18.5. The van der Waals surface area contributed by atoms with Crippen molar-refractivity contribution in [3.05, 3.63) is 132 Å². The fraction of sp³-hybridized carbons (Fsp3) is 0.250. The topological polar surface area (TPSA) is 192 Å². The van der Waals surface area contributed by atoms with E-state index in [-0.39, 0.29) is 45.7 Å². The zero-order valence-corrected chi connectivity index (χ0v) is 29.7. The molecule has 0 bridgehead atoms. The summed E-state index contributed by atoms with van der Waals surface area (Å²) < 4.78 is 28.3. The maximum atomic E-state index is 12.7. The first-order chi connectivity index (χ1) is 26.0. The molecular formula is C40H40O14. The van der Waals surface area contributed by atoms with Gasteiger partial charge in [0.15, 0.2) is 0 Å². The molecule has 0 heterocycles. The van der Waals surface area contributed by atoms with Gasteiger partial charge in [-0.15, -0.1) is 0 Å². The van der Waals surface area contributed by atoms with Crippen molar-refractivity contribution in [2.45, 2.75) is 39.0 Å². The second-order valence-corrected chi connectivity index (χ2v) is 10.6. The normalized spacial score (nSPS) is 10.4. The van der Waals surface area contributed by atoms with Crippen molar-refractivity contribution in [2.75, 3.05) is 26.4 Å². The molecular weight excluding hydrogens is 704 g/mol. The number of benzene rings is 3. The molecule has 14 heteroatoms. The van der Waals surface area contributed by atoms with E-state index in [2.05, 4.69) is 14.2 Å². The van der Waals surface area contributed by atoms with E-state index in [1.807, 2.05) is 18.2 Å². The lowest BCUT2D eigenvalue weighted by Gasteiger charge is -2.16. The van der Waals surface area contributed by atoms with Crippen LogP contribution in [0.25, 0.3) is 0 Å². The Morgan fingerprint density at radius 1 is 0.481 bits per heavy atom. The van der Waals surface area contributed by atoms with Crippen LogP contribution in [0.3, 0.4) is 0 Å². The summed E-state index contributed by atoms with van der Waals surface area (Å²) in [4.78, 5) is 92.6. The van der Waals surface area contributed by atoms with Crippen LogP contribution in [-0.4, -0.2) is 74.2 Å². The molecule has 54 heavy (non-hydrogen) atoms. The Morgan fingerprint density at radius 3 is 1.26 bits per heavy atom. The minimum absolute atomic E-state index is 0.0192. The van der Waals surface area contributed by atoms with Gasteiger partial charge in [-0.2, -0.15) is 0 Å². The fourth-order valence-corrected chi connectivity index (χ4v) is 4.17. The number of carbonyl (C=O) groups excluding carboxylic acids is 8. The van der Waals surface area contributed by atoms with Gasteiger partial charge in [0, 0.05) is 24.3 Å². The number of hydrogen-bond donors (Lipinski definition) is 0. The van der Waals surface area contributed by atoms with Gasteiger partial charge < -0.3 is 28.4 Å². The van der Waals surface area contributed by atoms with E-state index in [4.69, 9.17) is 14.2 Å². The molecule has 284 valence electrons. The Kier molecular flexibility index (Phi) is 20.4. The third-order valence-electron chi connectivity index (χ3n) is 6.52. The van der Waals surface area contributed by atoms with Crippen molar-refractivity contribution in [1.29, 1.82) is 0 Å². The summed E-state index contributed by atoms with van der Waals surface area (Å²) in [5, 5.41) is 0. The van der Waals surface area contributed by atoms with E-state index in [0.717, 1.165) is 29.9 Å². The molecule has 0 atom stereocenters. The molecule has 0 N–H and O–H groups in total. The molecule has 0 radical (unpaired) electrons. The lowest BCUT2D eigenvalue weighted by molar-refractivity contribution is -0.162. The van der Waals surface area contributed by atoms with Crippen LogP contribution in [0.2, 0.25) is 0 Å². The predicted molar refractivity (Wildman–Crippen MR) is 190 cm³/mol. The van der Waals surface area contributed by atoms with Gasteiger partial charge in [0.05, 0.1) is 32.5 Å². The first-order valence-electron chi connectivity index (χ1n) is 16.7. The van der Waals surface area contributed by atoms with Gasteiger partial charge in [0.2, 0.25) is 0 Å². The Bertz CT molecular complexity index is 1710. The summed E-state index contributed by atoms with van der Waals surface area (Å²) >= 11 is 0. The number of hydrogen-bond acceptors (Lipinski definition) is 14. The molecule has 3 aromatic carbocycles. The lowest BCUT2D eigenvalue weighted by Crippen LogP contribution is -2.22. The SMILES string of the molecule is CCOC(=O)/C=C\C(=O)OCCC(=O)OC(=O)C(c1ccccc1)c1ccccc1.CCOC(=O)/C=C\C(=O)OCCC(=O)OC(=O)Cc1ccccc1. The molecule has 0 spiro atoms. The van der Waals surface area contributed by atoms with E-state index in [1.54, 1.807) is 86.6 Å². The molecule has 0 saturated carbocycles. The summed E-state index contributed by atoms with van der Waals surface area (Å²) in [5.41, 5.74) is 2.11. The van der Waals surface area contributed by atoms with E-state index >= 15 is 0 Å². The Hall–Kier alpha value is -6.70. The summed E-state index contributed by atoms with van der Waals surface area (Å²) in [6.45, 7) is 3.10. The van der Waals surface area contributed by atoms with Crippen LogP contribution in [-0.2, 0) is 73.2 Å². The van der Waals surface area contributed by atoms with Crippen molar-refractivity contribution in [1.82, 2.24) is 0 Å². The monoisotopic (exact) mass is 744 g/mol. The highest BCUT2D eigenvalue weighted by atomic mass is 16.6. The average molecular weight is 745 g/mol.